The minimum atomic E-state index is -5.02. The number of halogens is 4. The van der Waals surface area contributed by atoms with Crippen molar-refractivity contribution in [3.05, 3.63) is 59.4 Å². The van der Waals surface area contributed by atoms with Crippen LogP contribution >= 0.6 is 0 Å². The molecule has 11 heteroatoms. The van der Waals surface area contributed by atoms with E-state index in [4.69, 9.17) is 9.47 Å². The van der Waals surface area contributed by atoms with E-state index in [1.54, 1.807) is 12.1 Å². The molecule has 0 saturated carbocycles. The van der Waals surface area contributed by atoms with Crippen LogP contribution in [0.1, 0.15) is 37.4 Å². The zero-order chi connectivity index (χ0) is 26.5. The van der Waals surface area contributed by atoms with Crippen LogP contribution in [0.3, 0.4) is 0 Å². The van der Waals surface area contributed by atoms with Gasteiger partial charge in [-0.3, -0.25) is 0 Å². The Kier molecular flexibility index (Phi) is 6.24. The molecule has 0 fully saturated rings. The van der Waals surface area contributed by atoms with Crippen LogP contribution in [-0.4, -0.2) is 42.2 Å². The van der Waals surface area contributed by atoms with Crippen LogP contribution in [0.4, 0.5) is 28.0 Å². The molecule has 1 aliphatic carbocycles. The largest absolute Gasteiger partial charge is 0.514 e. The van der Waals surface area contributed by atoms with Crippen LogP contribution in [0.5, 0.6) is 11.6 Å². The normalized spacial score (nSPS) is 21.0. The second-order valence-electron chi connectivity index (χ2n) is 9.18. The fourth-order valence-electron chi connectivity index (χ4n) is 4.89. The van der Waals surface area contributed by atoms with E-state index in [1.165, 1.54) is 45.2 Å². The van der Waals surface area contributed by atoms with Crippen LogP contribution in [0.25, 0.3) is 10.9 Å². The number of pyridine rings is 1. The van der Waals surface area contributed by atoms with Gasteiger partial charge in [-0.2, -0.15) is 13.2 Å². The number of anilines is 1. The second kappa shape index (κ2) is 8.81. The molecule has 2 aromatic carbocycles. The van der Waals surface area contributed by atoms with Crippen molar-refractivity contribution in [3.8, 4) is 11.6 Å². The molecule has 7 nitrogen and oxygen atoms in total. The lowest BCUT2D eigenvalue weighted by Crippen LogP contribution is -2.58. The summed E-state index contributed by atoms with van der Waals surface area (Å²) in [5.74, 6) is -0.950. The van der Waals surface area contributed by atoms with Crippen LogP contribution < -0.4 is 14.8 Å². The average Bonchev–Trinajstić information content (AvgIpc) is 2.80. The van der Waals surface area contributed by atoms with Crippen molar-refractivity contribution in [3.63, 3.8) is 0 Å². The number of carbonyl (C=O) groups is 1. The zero-order valence-corrected chi connectivity index (χ0v) is 19.9. The lowest BCUT2D eigenvalue weighted by Gasteiger charge is -2.49. The highest BCUT2D eigenvalue weighted by molar-refractivity contribution is 5.92. The molecule has 2 atom stereocenters. The number of rotatable bonds is 4. The fourth-order valence-corrected chi connectivity index (χ4v) is 4.89. The molecule has 0 radical (unpaired) electrons. The SMILES string of the molecule is COC(=O)Oc1ccc2c(NC3c4ccc(F)c(OC)c4C(C)(C)CC3(O)C(F)(F)F)cccc2n1. The Hall–Kier alpha value is -3.60. The van der Waals surface area contributed by atoms with Gasteiger partial charge >= 0.3 is 12.3 Å². The standard InChI is InChI=1S/C25H24F4N2O5/c1-23(2)12-24(33,25(27,28)29)21(14-8-10-15(26)20(34-3)19(14)23)31-17-7-5-6-16-13(17)9-11-18(30-16)36-22(32)35-4/h5-11,21,31,33H,12H2,1-4H3. The molecule has 1 heterocycles. The smallest absolute Gasteiger partial charge is 0.493 e. The summed E-state index contributed by atoms with van der Waals surface area (Å²) >= 11 is 0. The Morgan fingerprint density at radius 3 is 2.50 bits per heavy atom. The molecule has 36 heavy (non-hydrogen) atoms. The summed E-state index contributed by atoms with van der Waals surface area (Å²) in [5.41, 5.74) is -3.64. The number of methoxy groups -OCH3 is 2. The minimum Gasteiger partial charge on any atom is -0.493 e. The number of fused-ring (bicyclic) bond motifs is 2. The number of carbonyl (C=O) groups excluding carboxylic acids is 1. The van der Waals surface area contributed by atoms with E-state index in [0.29, 0.717) is 10.9 Å². The minimum absolute atomic E-state index is 0.0555. The lowest BCUT2D eigenvalue weighted by atomic mass is 9.63. The van der Waals surface area contributed by atoms with E-state index in [-0.39, 0.29) is 28.4 Å². The van der Waals surface area contributed by atoms with Gasteiger partial charge in [0.25, 0.3) is 0 Å². The molecule has 0 saturated heterocycles. The molecule has 1 aromatic heterocycles. The molecular weight excluding hydrogens is 484 g/mol. The molecule has 3 aromatic rings. The highest BCUT2D eigenvalue weighted by atomic mass is 19.4. The van der Waals surface area contributed by atoms with Gasteiger partial charge in [0, 0.05) is 22.7 Å². The summed E-state index contributed by atoms with van der Waals surface area (Å²) in [6.45, 7) is 3.01. The number of alkyl halides is 3. The number of aromatic nitrogens is 1. The first kappa shape index (κ1) is 25.5. The first-order chi connectivity index (χ1) is 16.8. The first-order valence-electron chi connectivity index (χ1n) is 10.9. The van der Waals surface area contributed by atoms with Crippen molar-refractivity contribution in [2.75, 3.05) is 19.5 Å². The van der Waals surface area contributed by atoms with Gasteiger partial charge in [-0.1, -0.05) is 26.0 Å². The molecule has 1 aliphatic rings. The van der Waals surface area contributed by atoms with Crippen LogP contribution in [0.2, 0.25) is 0 Å². The highest BCUT2D eigenvalue weighted by Gasteiger charge is 2.64. The Morgan fingerprint density at radius 1 is 1.14 bits per heavy atom. The lowest BCUT2D eigenvalue weighted by molar-refractivity contribution is -0.275. The molecule has 0 spiro atoms. The summed E-state index contributed by atoms with van der Waals surface area (Å²) in [6, 6.07) is 8.07. The van der Waals surface area contributed by atoms with E-state index in [1.807, 2.05) is 0 Å². The summed E-state index contributed by atoms with van der Waals surface area (Å²) < 4.78 is 72.5. The Bertz CT molecular complexity index is 1330. The predicted octanol–water partition coefficient (Wildman–Crippen LogP) is 5.66. The summed E-state index contributed by atoms with van der Waals surface area (Å²) in [4.78, 5) is 15.6. The summed E-state index contributed by atoms with van der Waals surface area (Å²) in [7, 11) is 2.38. The van der Waals surface area contributed by atoms with Crippen LogP contribution in [0.15, 0.2) is 42.5 Å². The molecule has 0 aliphatic heterocycles. The molecule has 0 amide bonds. The molecule has 2 unspecified atom stereocenters. The third-order valence-corrected chi connectivity index (χ3v) is 6.37. The van der Waals surface area contributed by atoms with Gasteiger partial charge in [0.1, 0.15) is 0 Å². The Balaban J connectivity index is 1.88. The van der Waals surface area contributed by atoms with Gasteiger partial charge < -0.3 is 24.6 Å². The van der Waals surface area contributed by atoms with Gasteiger partial charge in [-0.05, 0) is 41.7 Å². The fraction of sp³-hybridized carbons (Fsp3) is 0.360. The number of hydrogen-bond donors (Lipinski definition) is 2. The molecule has 0 bridgehead atoms. The van der Waals surface area contributed by atoms with Crippen molar-refractivity contribution >= 4 is 22.7 Å². The number of ether oxygens (including phenoxy) is 3. The van der Waals surface area contributed by atoms with Crippen molar-refractivity contribution in [2.45, 2.75) is 43.5 Å². The molecular formula is C25H24F4N2O5. The van der Waals surface area contributed by atoms with Gasteiger partial charge in [-0.25, -0.2) is 14.2 Å². The third-order valence-electron chi connectivity index (χ3n) is 6.37. The Labute approximate surface area is 204 Å². The Morgan fingerprint density at radius 2 is 1.86 bits per heavy atom. The molecule has 2 N–H and O–H groups in total. The van der Waals surface area contributed by atoms with Crippen molar-refractivity contribution < 1.29 is 41.7 Å². The van der Waals surface area contributed by atoms with Gasteiger partial charge in [0.2, 0.25) is 5.88 Å². The van der Waals surface area contributed by atoms with E-state index in [9.17, 15) is 27.5 Å². The van der Waals surface area contributed by atoms with Crippen molar-refractivity contribution in [2.24, 2.45) is 0 Å². The van der Waals surface area contributed by atoms with Gasteiger partial charge in [-0.15, -0.1) is 0 Å². The molecule has 192 valence electrons. The van der Waals surface area contributed by atoms with Crippen LogP contribution in [-0.2, 0) is 10.2 Å². The summed E-state index contributed by atoms with van der Waals surface area (Å²) in [5, 5.41) is 14.4. The van der Waals surface area contributed by atoms with Gasteiger partial charge in [0.15, 0.2) is 17.2 Å². The van der Waals surface area contributed by atoms with E-state index in [0.717, 1.165) is 13.2 Å². The highest BCUT2D eigenvalue weighted by Crippen LogP contribution is 2.56. The zero-order valence-electron chi connectivity index (χ0n) is 19.9. The third kappa shape index (κ3) is 4.17. The summed E-state index contributed by atoms with van der Waals surface area (Å²) in [6.07, 6.45) is -6.74. The maximum absolute atomic E-state index is 14.6. The topological polar surface area (TPSA) is 89.9 Å². The second-order valence-corrected chi connectivity index (χ2v) is 9.18. The van der Waals surface area contributed by atoms with Crippen LogP contribution in [0, 0.1) is 5.82 Å². The van der Waals surface area contributed by atoms with Gasteiger partial charge in [0.05, 0.1) is 25.8 Å². The van der Waals surface area contributed by atoms with Crippen molar-refractivity contribution in [1.82, 2.24) is 4.98 Å². The monoisotopic (exact) mass is 508 g/mol. The number of hydrogen-bond acceptors (Lipinski definition) is 7. The predicted molar refractivity (Wildman–Crippen MR) is 123 cm³/mol. The number of nitrogens with zero attached hydrogens (tertiary/aromatic N) is 1. The van der Waals surface area contributed by atoms with E-state index >= 15 is 0 Å². The number of aliphatic hydroxyl groups is 1. The maximum Gasteiger partial charge on any atom is 0.514 e. The van der Waals surface area contributed by atoms with Crippen molar-refractivity contribution in [1.29, 1.82) is 0 Å². The first-order valence-corrected chi connectivity index (χ1v) is 10.9. The molecule has 4 rings (SSSR count). The van der Waals surface area contributed by atoms with E-state index in [2.05, 4.69) is 15.0 Å². The quantitative estimate of drug-likeness (QED) is 0.347. The number of nitrogens with one attached hydrogen (secondary N) is 1. The average molecular weight is 508 g/mol. The van der Waals surface area contributed by atoms with E-state index < -0.39 is 41.6 Å². The number of benzene rings is 2. The maximum atomic E-state index is 14.6.